The number of aliphatic carboxylic acids is 1. The Labute approximate surface area is 94.0 Å². The van der Waals surface area contributed by atoms with Gasteiger partial charge in [0.25, 0.3) is 0 Å². The molecule has 1 aliphatic rings. The predicted octanol–water partition coefficient (Wildman–Crippen LogP) is 2.11. The van der Waals surface area contributed by atoms with Crippen molar-refractivity contribution >= 4 is 12.1 Å². The van der Waals surface area contributed by atoms with Crippen molar-refractivity contribution in [2.24, 2.45) is 0 Å². The molecule has 5 heteroatoms. The Bertz CT molecular complexity index is 333. The first-order valence-electron chi connectivity index (χ1n) is 5.21. The van der Waals surface area contributed by atoms with Crippen molar-refractivity contribution in [2.75, 3.05) is 6.61 Å². The van der Waals surface area contributed by atoms with Gasteiger partial charge in [-0.1, -0.05) is 19.4 Å². The number of hydrogen-bond donors (Lipinski definition) is 1. The monoisotopic (exact) mass is 225 g/mol. The Morgan fingerprint density at radius 1 is 1.56 bits per heavy atom. The van der Waals surface area contributed by atoms with E-state index in [0.717, 1.165) is 17.7 Å². The van der Waals surface area contributed by atoms with E-state index in [1.807, 2.05) is 6.92 Å². The molecule has 16 heavy (non-hydrogen) atoms. The lowest BCUT2D eigenvalue weighted by atomic mass is 10.1. The SMILES string of the molecule is CCCCOC(=O)N1C=CCC(C(=O)O)=C1. The minimum atomic E-state index is -1.02. The van der Waals surface area contributed by atoms with Crippen LogP contribution in [0.5, 0.6) is 0 Å². The van der Waals surface area contributed by atoms with E-state index in [9.17, 15) is 9.59 Å². The van der Waals surface area contributed by atoms with Crippen molar-refractivity contribution in [3.05, 3.63) is 24.0 Å². The third kappa shape index (κ3) is 3.42. The first kappa shape index (κ1) is 12.3. The van der Waals surface area contributed by atoms with Crippen LogP contribution < -0.4 is 0 Å². The van der Waals surface area contributed by atoms with E-state index in [-0.39, 0.29) is 5.57 Å². The van der Waals surface area contributed by atoms with Crippen molar-refractivity contribution in [2.45, 2.75) is 26.2 Å². The number of rotatable bonds is 4. The molecule has 0 bridgehead atoms. The Kier molecular flexibility index (Phi) is 4.57. The molecule has 0 aromatic heterocycles. The minimum Gasteiger partial charge on any atom is -0.478 e. The summed E-state index contributed by atoms with van der Waals surface area (Å²) < 4.78 is 4.95. The van der Waals surface area contributed by atoms with Crippen LogP contribution in [-0.2, 0) is 9.53 Å². The van der Waals surface area contributed by atoms with Crippen molar-refractivity contribution in [1.82, 2.24) is 4.90 Å². The average molecular weight is 225 g/mol. The highest BCUT2D eigenvalue weighted by Crippen LogP contribution is 2.13. The molecule has 5 nitrogen and oxygen atoms in total. The van der Waals surface area contributed by atoms with Gasteiger partial charge in [0.1, 0.15) is 0 Å². The molecule has 1 heterocycles. The highest BCUT2D eigenvalue weighted by atomic mass is 16.6. The zero-order valence-electron chi connectivity index (χ0n) is 9.18. The number of allylic oxidation sites excluding steroid dienone is 1. The Hall–Kier alpha value is -1.78. The summed E-state index contributed by atoms with van der Waals surface area (Å²) in [5, 5.41) is 8.77. The summed E-state index contributed by atoms with van der Waals surface area (Å²) >= 11 is 0. The van der Waals surface area contributed by atoms with Crippen LogP contribution in [-0.4, -0.2) is 28.7 Å². The molecule has 1 rings (SSSR count). The number of hydrogen-bond acceptors (Lipinski definition) is 3. The van der Waals surface area contributed by atoms with Gasteiger partial charge in [-0.05, 0) is 6.42 Å². The standard InChI is InChI=1S/C11H15NO4/c1-2-3-7-16-11(15)12-6-4-5-9(8-12)10(13)14/h4,6,8H,2-3,5,7H2,1H3,(H,13,14). The van der Waals surface area contributed by atoms with Crippen LogP contribution in [0.1, 0.15) is 26.2 Å². The Morgan fingerprint density at radius 3 is 2.94 bits per heavy atom. The summed E-state index contributed by atoms with van der Waals surface area (Å²) in [5.41, 5.74) is 0.176. The first-order chi connectivity index (χ1) is 7.65. The molecule has 0 aromatic carbocycles. The van der Waals surface area contributed by atoms with Gasteiger partial charge < -0.3 is 9.84 Å². The van der Waals surface area contributed by atoms with Crippen molar-refractivity contribution in [3.63, 3.8) is 0 Å². The second-order valence-electron chi connectivity index (χ2n) is 3.42. The van der Waals surface area contributed by atoms with Crippen molar-refractivity contribution in [1.29, 1.82) is 0 Å². The third-order valence-corrected chi connectivity index (χ3v) is 2.11. The smallest absolute Gasteiger partial charge is 0.417 e. The maximum Gasteiger partial charge on any atom is 0.417 e. The van der Waals surface area contributed by atoms with Crippen LogP contribution in [0.2, 0.25) is 0 Å². The molecule has 0 unspecified atom stereocenters. The number of carbonyl (C=O) groups excluding carboxylic acids is 1. The molecule has 1 N–H and O–H groups in total. The fraction of sp³-hybridized carbons (Fsp3) is 0.455. The van der Waals surface area contributed by atoms with Crippen LogP contribution in [0.15, 0.2) is 24.0 Å². The predicted molar refractivity (Wildman–Crippen MR) is 57.6 cm³/mol. The molecular weight excluding hydrogens is 210 g/mol. The molecule has 1 aliphatic heterocycles. The van der Waals surface area contributed by atoms with E-state index < -0.39 is 12.1 Å². The number of carboxylic acid groups (broad SMARTS) is 1. The van der Waals surface area contributed by atoms with Gasteiger partial charge in [-0.3, -0.25) is 4.90 Å². The van der Waals surface area contributed by atoms with Gasteiger partial charge in [0, 0.05) is 18.8 Å². The van der Waals surface area contributed by atoms with Crippen LogP contribution >= 0.6 is 0 Å². The minimum absolute atomic E-state index is 0.176. The molecule has 88 valence electrons. The lowest BCUT2D eigenvalue weighted by Gasteiger charge is -2.17. The van der Waals surface area contributed by atoms with Crippen LogP contribution in [0.25, 0.3) is 0 Å². The number of unbranched alkanes of at least 4 members (excludes halogenated alkanes) is 1. The summed E-state index contributed by atoms with van der Waals surface area (Å²) in [6.45, 7) is 2.35. The number of nitrogens with zero attached hydrogens (tertiary/aromatic N) is 1. The molecule has 0 aromatic rings. The van der Waals surface area contributed by atoms with Gasteiger partial charge in [0.2, 0.25) is 0 Å². The van der Waals surface area contributed by atoms with Gasteiger partial charge in [-0.15, -0.1) is 0 Å². The number of amides is 1. The lowest BCUT2D eigenvalue weighted by Crippen LogP contribution is -2.24. The topological polar surface area (TPSA) is 66.8 Å². The summed E-state index contributed by atoms with van der Waals surface area (Å²) in [4.78, 5) is 23.3. The van der Waals surface area contributed by atoms with E-state index >= 15 is 0 Å². The van der Waals surface area contributed by atoms with Gasteiger partial charge in [0.15, 0.2) is 0 Å². The highest BCUT2D eigenvalue weighted by molar-refractivity contribution is 5.88. The Morgan fingerprint density at radius 2 is 2.31 bits per heavy atom. The third-order valence-electron chi connectivity index (χ3n) is 2.11. The zero-order valence-corrected chi connectivity index (χ0v) is 9.18. The van der Waals surface area contributed by atoms with Gasteiger partial charge in [-0.25, -0.2) is 9.59 Å². The fourth-order valence-electron chi connectivity index (χ4n) is 1.19. The molecule has 1 amide bonds. The molecule has 0 saturated carbocycles. The molecule has 0 spiro atoms. The molecule has 0 radical (unpaired) electrons. The maximum absolute atomic E-state index is 11.5. The van der Waals surface area contributed by atoms with E-state index in [4.69, 9.17) is 9.84 Å². The van der Waals surface area contributed by atoms with Crippen LogP contribution in [0.3, 0.4) is 0 Å². The molecule has 0 saturated heterocycles. The average Bonchev–Trinajstić information content (AvgIpc) is 2.29. The summed E-state index contributed by atoms with van der Waals surface area (Å²) in [6.07, 6.45) is 5.96. The summed E-state index contributed by atoms with van der Waals surface area (Å²) in [7, 11) is 0. The lowest BCUT2D eigenvalue weighted by molar-refractivity contribution is -0.132. The van der Waals surface area contributed by atoms with E-state index in [1.54, 1.807) is 6.08 Å². The highest BCUT2D eigenvalue weighted by Gasteiger charge is 2.17. The van der Waals surface area contributed by atoms with E-state index in [1.165, 1.54) is 12.4 Å². The molecular formula is C11H15NO4. The van der Waals surface area contributed by atoms with E-state index in [2.05, 4.69) is 0 Å². The van der Waals surface area contributed by atoms with Crippen molar-refractivity contribution < 1.29 is 19.4 Å². The summed E-state index contributed by atoms with van der Waals surface area (Å²) in [5.74, 6) is -1.02. The van der Waals surface area contributed by atoms with Crippen molar-refractivity contribution in [3.8, 4) is 0 Å². The second-order valence-corrected chi connectivity index (χ2v) is 3.42. The quantitative estimate of drug-likeness (QED) is 0.744. The second kappa shape index (κ2) is 5.95. The van der Waals surface area contributed by atoms with Gasteiger partial charge in [0.05, 0.1) is 12.2 Å². The van der Waals surface area contributed by atoms with Crippen LogP contribution in [0, 0.1) is 0 Å². The van der Waals surface area contributed by atoms with Gasteiger partial charge in [-0.2, -0.15) is 0 Å². The van der Waals surface area contributed by atoms with Gasteiger partial charge >= 0.3 is 12.1 Å². The largest absolute Gasteiger partial charge is 0.478 e. The number of carbonyl (C=O) groups is 2. The number of carboxylic acids is 1. The molecule has 0 atom stereocenters. The zero-order chi connectivity index (χ0) is 12.0. The van der Waals surface area contributed by atoms with Crippen LogP contribution in [0.4, 0.5) is 4.79 Å². The van der Waals surface area contributed by atoms with E-state index in [0.29, 0.717) is 13.0 Å². The Balaban J connectivity index is 2.52. The molecule has 0 aliphatic carbocycles. The maximum atomic E-state index is 11.5. The summed E-state index contributed by atoms with van der Waals surface area (Å²) in [6, 6.07) is 0. The first-order valence-corrected chi connectivity index (χ1v) is 5.21. The molecule has 0 fully saturated rings. The normalized spacial score (nSPS) is 14.6. The fourth-order valence-corrected chi connectivity index (χ4v) is 1.19. The number of ether oxygens (including phenoxy) is 1.